The van der Waals surface area contributed by atoms with Gasteiger partial charge in [0.1, 0.15) is 0 Å². The van der Waals surface area contributed by atoms with Gasteiger partial charge in [-0.3, -0.25) is 13.8 Å². The highest BCUT2D eigenvalue weighted by Crippen LogP contribution is 2.06. The summed E-state index contributed by atoms with van der Waals surface area (Å²) in [6.07, 6.45) is 5.16. The molecule has 0 aromatic rings. The molecule has 0 spiro atoms. The van der Waals surface area contributed by atoms with Crippen molar-refractivity contribution in [3.8, 4) is 0 Å². The number of carbonyl (C=O) groups excluding carboxylic acids is 2. The van der Waals surface area contributed by atoms with Gasteiger partial charge in [-0.2, -0.15) is 8.42 Å². The number of carbonyl (C=O) groups is 2. The molecule has 20 heavy (non-hydrogen) atoms. The molecule has 0 rings (SSSR count). The van der Waals surface area contributed by atoms with Crippen LogP contribution in [0.3, 0.4) is 0 Å². The molecule has 6 nitrogen and oxygen atoms in total. The van der Waals surface area contributed by atoms with Crippen LogP contribution >= 0.6 is 0 Å². The predicted molar refractivity (Wildman–Crippen MR) is 74.5 cm³/mol. The highest BCUT2D eigenvalue weighted by Gasteiger charge is 2.13. The van der Waals surface area contributed by atoms with Gasteiger partial charge < -0.3 is 0 Å². The Morgan fingerprint density at radius 2 is 1.45 bits per heavy atom. The molecular formula is C13H24O6S. The molecule has 0 aliphatic rings. The van der Waals surface area contributed by atoms with Crippen molar-refractivity contribution in [1.82, 2.24) is 0 Å². The highest BCUT2D eigenvalue weighted by molar-refractivity contribution is 7.81. The van der Waals surface area contributed by atoms with Crippen LogP contribution < -0.4 is 0 Å². The maximum atomic E-state index is 11.5. The second-order valence-corrected chi connectivity index (χ2v) is 5.90. The van der Waals surface area contributed by atoms with Crippen molar-refractivity contribution in [3.05, 3.63) is 0 Å². The number of ketones is 2. The van der Waals surface area contributed by atoms with Crippen LogP contribution in [0.15, 0.2) is 0 Å². The van der Waals surface area contributed by atoms with Gasteiger partial charge in [-0.1, -0.05) is 26.2 Å². The van der Waals surface area contributed by atoms with E-state index in [1.807, 2.05) is 0 Å². The largest absolute Gasteiger partial charge is 0.399 e. The lowest BCUT2D eigenvalue weighted by Gasteiger charge is -2.03. The Kier molecular flexibility index (Phi) is 10.5. The summed E-state index contributed by atoms with van der Waals surface area (Å²) in [7, 11) is -2.90. The smallest absolute Gasteiger partial charge is 0.291 e. The van der Waals surface area contributed by atoms with Gasteiger partial charge in [0.25, 0.3) is 0 Å². The van der Waals surface area contributed by atoms with Crippen LogP contribution in [0.25, 0.3) is 0 Å². The van der Waals surface area contributed by atoms with Crippen molar-refractivity contribution in [2.75, 3.05) is 13.7 Å². The lowest BCUT2D eigenvalue weighted by Crippen LogP contribution is -2.14. The highest BCUT2D eigenvalue weighted by atomic mass is 32.3. The number of unbranched alkanes of at least 4 members (excludes halogenated alkanes) is 4. The van der Waals surface area contributed by atoms with E-state index in [9.17, 15) is 18.0 Å². The zero-order valence-corrected chi connectivity index (χ0v) is 13.0. The molecule has 0 bridgehead atoms. The van der Waals surface area contributed by atoms with Gasteiger partial charge in [-0.05, 0) is 19.3 Å². The first-order valence-electron chi connectivity index (χ1n) is 6.94. The SMILES string of the molecule is CCCCCCC(=O)C(=O)CCCCOS(=O)(=O)OC. The van der Waals surface area contributed by atoms with Crippen molar-refractivity contribution < 1.29 is 26.4 Å². The molecule has 0 unspecified atom stereocenters. The molecule has 0 radical (unpaired) electrons. The van der Waals surface area contributed by atoms with E-state index in [1.165, 1.54) is 0 Å². The third-order valence-corrected chi connectivity index (χ3v) is 3.66. The van der Waals surface area contributed by atoms with Gasteiger partial charge in [0.05, 0.1) is 13.7 Å². The molecule has 0 atom stereocenters. The van der Waals surface area contributed by atoms with E-state index < -0.39 is 10.4 Å². The van der Waals surface area contributed by atoms with Gasteiger partial charge in [-0.15, -0.1) is 0 Å². The third-order valence-electron chi connectivity index (χ3n) is 2.80. The second kappa shape index (κ2) is 10.9. The van der Waals surface area contributed by atoms with E-state index >= 15 is 0 Å². The summed E-state index contributed by atoms with van der Waals surface area (Å²) in [6.45, 7) is 2.03. The topological polar surface area (TPSA) is 86.7 Å². The van der Waals surface area contributed by atoms with E-state index in [0.29, 0.717) is 19.3 Å². The quantitative estimate of drug-likeness (QED) is 0.383. The van der Waals surface area contributed by atoms with Crippen LogP contribution in [-0.2, 0) is 28.4 Å². The van der Waals surface area contributed by atoms with Crippen molar-refractivity contribution in [3.63, 3.8) is 0 Å². The van der Waals surface area contributed by atoms with Crippen LogP contribution in [0, 0.1) is 0 Å². The molecule has 0 fully saturated rings. The molecule has 7 heteroatoms. The zero-order chi connectivity index (χ0) is 15.4. The van der Waals surface area contributed by atoms with Crippen molar-refractivity contribution in [2.24, 2.45) is 0 Å². The number of rotatable bonds is 13. The molecule has 0 aromatic heterocycles. The van der Waals surface area contributed by atoms with E-state index in [4.69, 9.17) is 0 Å². The minimum atomic E-state index is -3.91. The fraction of sp³-hybridized carbons (Fsp3) is 0.846. The summed E-state index contributed by atoms with van der Waals surface area (Å²) in [5.41, 5.74) is 0. The normalized spacial score (nSPS) is 11.5. The van der Waals surface area contributed by atoms with Gasteiger partial charge in [0, 0.05) is 12.8 Å². The molecule has 0 saturated heterocycles. The van der Waals surface area contributed by atoms with Crippen LogP contribution in [-0.4, -0.2) is 33.7 Å². The average molecular weight is 308 g/mol. The summed E-state index contributed by atoms with van der Waals surface area (Å²) in [6, 6.07) is 0. The minimum absolute atomic E-state index is 0.0475. The molecule has 0 saturated carbocycles. The Balaban J connectivity index is 3.65. The fourth-order valence-corrected chi connectivity index (χ4v) is 2.01. The Bertz CT molecular complexity index is 388. The van der Waals surface area contributed by atoms with E-state index in [0.717, 1.165) is 32.8 Å². The van der Waals surface area contributed by atoms with Crippen molar-refractivity contribution in [2.45, 2.75) is 58.3 Å². The molecule has 0 aliphatic carbocycles. The summed E-state index contributed by atoms with van der Waals surface area (Å²) in [5.74, 6) is -0.706. The first-order chi connectivity index (χ1) is 9.43. The monoisotopic (exact) mass is 308 g/mol. The van der Waals surface area contributed by atoms with Crippen molar-refractivity contribution >= 4 is 22.0 Å². The maximum Gasteiger partial charge on any atom is 0.399 e. The summed E-state index contributed by atoms with van der Waals surface area (Å²) in [5, 5.41) is 0. The number of Topliss-reactive ketones (excluding diaryl/α,β-unsaturated/α-hetero) is 2. The Labute approximate surface area is 121 Å². The summed E-state index contributed by atoms with van der Waals surface area (Å²) in [4.78, 5) is 23.0. The zero-order valence-electron chi connectivity index (χ0n) is 12.2. The Hall–Kier alpha value is -0.790. The van der Waals surface area contributed by atoms with Gasteiger partial charge in [0.15, 0.2) is 11.6 Å². The molecule has 0 aliphatic heterocycles. The number of hydrogen-bond acceptors (Lipinski definition) is 6. The van der Waals surface area contributed by atoms with Gasteiger partial charge in [-0.25, -0.2) is 4.18 Å². The van der Waals surface area contributed by atoms with Crippen LogP contribution in [0.2, 0.25) is 0 Å². The first kappa shape index (κ1) is 19.2. The van der Waals surface area contributed by atoms with E-state index in [2.05, 4.69) is 15.3 Å². The van der Waals surface area contributed by atoms with Crippen LogP contribution in [0.4, 0.5) is 0 Å². The third kappa shape index (κ3) is 10.1. The van der Waals surface area contributed by atoms with E-state index in [1.54, 1.807) is 0 Å². The molecule has 0 amide bonds. The Morgan fingerprint density at radius 3 is 1.95 bits per heavy atom. The molecule has 0 heterocycles. The average Bonchev–Trinajstić information content (AvgIpc) is 2.42. The first-order valence-corrected chi connectivity index (χ1v) is 8.27. The standard InChI is InChI=1S/C13H24O6S/c1-3-4-5-6-9-12(14)13(15)10-7-8-11-19-20(16,17)18-2/h3-11H2,1-2H3. The molecular weight excluding hydrogens is 284 g/mol. The minimum Gasteiger partial charge on any atom is -0.291 e. The van der Waals surface area contributed by atoms with Crippen LogP contribution in [0.5, 0.6) is 0 Å². The lowest BCUT2D eigenvalue weighted by atomic mass is 10.0. The maximum absolute atomic E-state index is 11.5. The fourth-order valence-electron chi connectivity index (χ4n) is 1.59. The van der Waals surface area contributed by atoms with Gasteiger partial charge in [0.2, 0.25) is 0 Å². The summed E-state index contributed by atoms with van der Waals surface area (Å²) >= 11 is 0. The number of hydrogen-bond donors (Lipinski definition) is 0. The molecule has 0 N–H and O–H groups in total. The molecule has 118 valence electrons. The lowest BCUT2D eigenvalue weighted by molar-refractivity contribution is -0.136. The van der Waals surface area contributed by atoms with Crippen molar-refractivity contribution in [1.29, 1.82) is 0 Å². The van der Waals surface area contributed by atoms with E-state index in [-0.39, 0.29) is 24.6 Å². The predicted octanol–water partition coefficient (Wildman–Crippen LogP) is 2.17. The van der Waals surface area contributed by atoms with Crippen LogP contribution in [0.1, 0.15) is 58.3 Å². The summed E-state index contributed by atoms with van der Waals surface area (Å²) < 4.78 is 30.2. The molecule has 0 aromatic carbocycles. The Morgan fingerprint density at radius 1 is 0.900 bits per heavy atom. The van der Waals surface area contributed by atoms with Gasteiger partial charge >= 0.3 is 10.4 Å². The second-order valence-electron chi connectivity index (χ2n) is 4.51.